The Morgan fingerprint density at radius 2 is 2.19 bits per heavy atom. The van der Waals surface area contributed by atoms with Crippen LogP contribution in [0.25, 0.3) is 0 Å². The summed E-state index contributed by atoms with van der Waals surface area (Å²) >= 11 is 7.87. The average Bonchev–Trinajstić information content (AvgIpc) is 2.95. The molecular formula is C12H13N2NaO3S3. The van der Waals surface area contributed by atoms with Gasteiger partial charge in [0.2, 0.25) is 0 Å². The number of thioether (sulfide) groups is 2. The zero-order chi connectivity index (χ0) is 14.7. The van der Waals surface area contributed by atoms with Gasteiger partial charge in [-0.2, -0.15) is 0 Å². The fourth-order valence-corrected chi connectivity index (χ4v) is 4.14. The Bertz CT molecular complexity index is 522. The van der Waals surface area contributed by atoms with Crippen LogP contribution in [0.5, 0.6) is 0 Å². The Hall–Kier alpha value is 0.01000. The largest absolute Gasteiger partial charge is 1.00 e. The fourth-order valence-electron chi connectivity index (χ4n) is 1.86. The summed E-state index contributed by atoms with van der Waals surface area (Å²) < 4.78 is 0.260. The minimum Gasteiger partial charge on any atom is -0.548 e. The van der Waals surface area contributed by atoms with E-state index in [1.807, 2.05) is 6.08 Å². The molecule has 9 heteroatoms. The maximum absolute atomic E-state index is 12.0. The molecule has 2 rings (SSSR count). The molecule has 0 unspecified atom stereocenters. The second-order valence-corrected chi connectivity index (χ2v) is 6.89. The van der Waals surface area contributed by atoms with Crippen molar-refractivity contribution in [2.45, 2.75) is 6.92 Å². The molecule has 0 radical (unpaired) electrons. The first-order chi connectivity index (χ1) is 9.52. The van der Waals surface area contributed by atoms with Gasteiger partial charge in [-0.15, -0.1) is 11.8 Å². The van der Waals surface area contributed by atoms with E-state index in [1.165, 1.54) is 0 Å². The molecule has 0 spiro atoms. The number of hydrogen-bond acceptors (Lipinski definition) is 7. The van der Waals surface area contributed by atoms with E-state index in [1.54, 1.807) is 17.8 Å². The number of thiocarbonyl (C=S) groups is 1. The Morgan fingerprint density at radius 3 is 2.81 bits per heavy atom. The van der Waals surface area contributed by atoms with Gasteiger partial charge in [-0.3, -0.25) is 9.69 Å². The number of nitrogens with zero attached hydrogens (tertiary/aromatic N) is 2. The van der Waals surface area contributed by atoms with E-state index in [2.05, 4.69) is 11.8 Å². The topological polar surface area (TPSA) is 63.7 Å². The van der Waals surface area contributed by atoms with Gasteiger partial charge in [0, 0.05) is 18.8 Å². The molecule has 5 nitrogen and oxygen atoms in total. The molecule has 0 saturated carbocycles. The second kappa shape index (κ2) is 8.59. The Labute approximate surface area is 159 Å². The summed E-state index contributed by atoms with van der Waals surface area (Å²) in [6.07, 6.45) is 3.61. The molecule has 2 aliphatic heterocycles. The summed E-state index contributed by atoms with van der Waals surface area (Å²) in [4.78, 5) is 26.3. The maximum atomic E-state index is 12.0. The number of amides is 1. The van der Waals surface area contributed by atoms with Crippen molar-refractivity contribution in [3.8, 4) is 0 Å². The van der Waals surface area contributed by atoms with E-state index in [4.69, 9.17) is 12.2 Å². The fraction of sp³-hybridized carbons (Fsp3) is 0.417. The number of hydrogen-bond donors (Lipinski definition) is 0. The van der Waals surface area contributed by atoms with Crippen molar-refractivity contribution in [1.82, 2.24) is 9.80 Å². The predicted octanol–water partition coefficient (Wildman–Crippen LogP) is -2.61. The van der Waals surface area contributed by atoms with E-state index >= 15 is 0 Å². The van der Waals surface area contributed by atoms with Crippen LogP contribution in [0.15, 0.2) is 22.1 Å². The van der Waals surface area contributed by atoms with Crippen molar-refractivity contribution < 1.29 is 44.3 Å². The first-order valence-corrected chi connectivity index (χ1v) is 8.27. The molecule has 21 heavy (non-hydrogen) atoms. The van der Waals surface area contributed by atoms with Crippen LogP contribution < -0.4 is 34.7 Å². The summed E-state index contributed by atoms with van der Waals surface area (Å²) in [5.41, 5.74) is 0. The van der Waals surface area contributed by atoms with Crippen molar-refractivity contribution >= 4 is 51.9 Å². The van der Waals surface area contributed by atoms with Crippen LogP contribution in [0, 0.1) is 0 Å². The molecule has 2 aliphatic rings. The van der Waals surface area contributed by atoms with Gasteiger partial charge in [-0.1, -0.05) is 24.0 Å². The summed E-state index contributed by atoms with van der Waals surface area (Å²) in [5, 5.41) is 11.7. The molecular weight excluding hydrogens is 339 g/mol. The molecule has 0 aromatic heterocycles. The molecule has 2 heterocycles. The quantitative estimate of drug-likeness (QED) is 0.312. The van der Waals surface area contributed by atoms with Gasteiger partial charge in [0.25, 0.3) is 5.91 Å². The molecule has 2 saturated heterocycles. The summed E-state index contributed by atoms with van der Waals surface area (Å²) in [5.74, 6) is -0.643. The number of carboxylic acids is 1. The van der Waals surface area contributed by atoms with Gasteiger partial charge in [0.15, 0.2) is 0 Å². The van der Waals surface area contributed by atoms with E-state index in [-0.39, 0.29) is 39.8 Å². The van der Waals surface area contributed by atoms with Crippen LogP contribution >= 0.6 is 35.7 Å². The molecule has 2 fully saturated rings. The van der Waals surface area contributed by atoms with Gasteiger partial charge in [-0.05, 0) is 19.1 Å². The third-order valence-corrected chi connectivity index (χ3v) is 5.32. The Balaban J connectivity index is 0.00000220. The van der Waals surface area contributed by atoms with E-state index < -0.39 is 12.5 Å². The van der Waals surface area contributed by atoms with Gasteiger partial charge in [0.05, 0.1) is 22.4 Å². The molecule has 0 N–H and O–H groups in total. The minimum atomic E-state index is -1.32. The number of carbonyl (C=O) groups is 2. The summed E-state index contributed by atoms with van der Waals surface area (Å²) in [7, 11) is 0. The van der Waals surface area contributed by atoms with Crippen molar-refractivity contribution in [2.75, 3.05) is 25.4 Å². The molecule has 1 amide bonds. The standard InChI is InChI=1S/C12H14N2O3S3.Na/c1-2-13-5-6-19-9(13)4-3-8-11(17)14(7-10(15)16)12(18)20-8;/h3-4H,2,5-7H2,1H3,(H,15,16);/q;+1/p-1/b8-3-,9-4-;. The van der Waals surface area contributed by atoms with Gasteiger partial charge >= 0.3 is 29.6 Å². The van der Waals surface area contributed by atoms with Crippen LogP contribution in [0.1, 0.15) is 6.92 Å². The van der Waals surface area contributed by atoms with Crippen LogP contribution in [0.3, 0.4) is 0 Å². The Morgan fingerprint density at radius 1 is 1.48 bits per heavy atom. The van der Waals surface area contributed by atoms with E-state index in [9.17, 15) is 14.7 Å². The number of carbonyl (C=O) groups excluding carboxylic acids is 2. The van der Waals surface area contributed by atoms with Crippen molar-refractivity contribution in [2.24, 2.45) is 0 Å². The predicted molar refractivity (Wildman–Crippen MR) is 82.8 cm³/mol. The Kier molecular flexibility index (Phi) is 7.80. The van der Waals surface area contributed by atoms with Gasteiger partial charge < -0.3 is 14.8 Å². The normalized spacial score (nSPS) is 22.3. The third kappa shape index (κ3) is 4.74. The van der Waals surface area contributed by atoms with Crippen molar-refractivity contribution in [3.63, 3.8) is 0 Å². The van der Waals surface area contributed by atoms with Crippen LogP contribution in [-0.4, -0.2) is 51.4 Å². The van der Waals surface area contributed by atoms with E-state index in [0.717, 1.165) is 40.5 Å². The van der Waals surface area contributed by atoms with Gasteiger partial charge in [0.1, 0.15) is 4.32 Å². The number of rotatable bonds is 4. The average molecular weight is 352 g/mol. The molecule has 0 bridgehead atoms. The molecule has 0 aromatic rings. The number of carboxylic acid groups (broad SMARTS) is 1. The smallest absolute Gasteiger partial charge is 0.548 e. The van der Waals surface area contributed by atoms with Crippen molar-refractivity contribution in [1.29, 1.82) is 0 Å². The molecule has 0 aliphatic carbocycles. The molecule has 0 aromatic carbocycles. The molecule has 108 valence electrons. The van der Waals surface area contributed by atoms with Crippen LogP contribution in [-0.2, 0) is 9.59 Å². The summed E-state index contributed by atoms with van der Waals surface area (Å²) in [6, 6.07) is 0. The van der Waals surface area contributed by atoms with Gasteiger partial charge in [-0.25, -0.2) is 0 Å². The molecule has 0 atom stereocenters. The van der Waals surface area contributed by atoms with Crippen LogP contribution in [0.4, 0.5) is 0 Å². The maximum Gasteiger partial charge on any atom is 1.00 e. The zero-order valence-electron chi connectivity index (χ0n) is 11.8. The number of allylic oxidation sites excluding steroid dienone is 2. The number of aliphatic carboxylic acids is 1. The van der Waals surface area contributed by atoms with E-state index in [0.29, 0.717) is 4.91 Å². The third-order valence-electron chi connectivity index (χ3n) is 2.84. The summed E-state index contributed by atoms with van der Waals surface area (Å²) in [6.45, 7) is 3.53. The van der Waals surface area contributed by atoms with Crippen LogP contribution in [0.2, 0.25) is 0 Å². The second-order valence-electron chi connectivity index (χ2n) is 4.10. The SMILES string of the molecule is CCN1CCS/C1=C\C=C1/SC(=S)N(CC(=O)[O-])C1=O.[Na+]. The first-order valence-electron chi connectivity index (χ1n) is 6.06. The monoisotopic (exact) mass is 352 g/mol. The van der Waals surface area contributed by atoms with Crippen molar-refractivity contribution in [3.05, 3.63) is 22.1 Å². The minimum absolute atomic E-state index is 0. The first kappa shape index (κ1) is 19.1. The zero-order valence-corrected chi connectivity index (χ0v) is 16.3.